The molecule has 1 atom stereocenters. The lowest BCUT2D eigenvalue weighted by molar-refractivity contribution is -0.120. The maximum atomic E-state index is 12.4. The van der Waals surface area contributed by atoms with Gasteiger partial charge in [-0.1, -0.05) is 43.7 Å². The van der Waals surface area contributed by atoms with Crippen molar-refractivity contribution in [1.29, 1.82) is 0 Å². The maximum absolute atomic E-state index is 12.4. The average molecular weight is 382 g/mol. The van der Waals surface area contributed by atoms with Gasteiger partial charge in [-0.2, -0.15) is 0 Å². The molecule has 0 aliphatic rings. The van der Waals surface area contributed by atoms with Gasteiger partial charge in [0.1, 0.15) is 0 Å². The topological polar surface area (TPSA) is 71.3 Å². The number of hydrogen-bond acceptors (Lipinski definition) is 4. The largest absolute Gasteiger partial charge is 0.459 e. The summed E-state index contributed by atoms with van der Waals surface area (Å²) in [6.07, 6.45) is 3.55. The lowest BCUT2D eigenvalue weighted by atomic mass is 10.0. The Morgan fingerprint density at radius 2 is 1.93 bits per heavy atom. The number of benzene rings is 1. The van der Waals surface area contributed by atoms with Gasteiger partial charge in [-0.3, -0.25) is 9.59 Å². The van der Waals surface area contributed by atoms with Crippen molar-refractivity contribution in [1.82, 2.24) is 10.6 Å². The van der Waals surface area contributed by atoms with Gasteiger partial charge in [0.25, 0.3) is 5.91 Å². The third-order valence-electron chi connectivity index (χ3n) is 4.14. The molecule has 3 aromatic rings. The van der Waals surface area contributed by atoms with Crippen LogP contribution in [-0.4, -0.2) is 18.4 Å². The van der Waals surface area contributed by atoms with E-state index in [0.717, 1.165) is 23.3 Å². The van der Waals surface area contributed by atoms with Crippen LogP contribution < -0.4 is 10.6 Å². The zero-order chi connectivity index (χ0) is 19.1. The molecule has 3 rings (SSSR count). The Balaban J connectivity index is 1.66. The van der Waals surface area contributed by atoms with Crippen molar-refractivity contribution in [3.05, 3.63) is 81.9 Å². The number of aryl methyl sites for hydroxylation is 1. The molecule has 0 aliphatic heterocycles. The van der Waals surface area contributed by atoms with Gasteiger partial charge in [0.2, 0.25) is 5.91 Å². The van der Waals surface area contributed by atoms with Gasteiger partial charge in [0, 0.05) is 4.88 Å². The van der Waals surface area contributed by atoms with Crippen LogP contribution in [-0.2, 0) is 11.2 Å². The molecule has 2 heterocycles. The molecule has 0 aliphatic carbocycles. The van der Waals surface area contributed by atoms with E-state index in [-0.39, 0.29) is 24.3 Å². The number of carbonyl (C=O) groups is 2. The highest BCUT2D eigenvalue weighted by molar-refractivity contribution is 7.10. The Bertz CT molecular complexity index is 855. The van der Waals surface area contributed by atoms with Gasteiger partial charge < -0.3 is 15.1 Å². The van der Waals surface area contributed by atoms with Crippen LogP contribution in [0.5, 0.6) is 0 Å². The lowest BCUT2D eigenvalue weighted by Gasteiger charge is -2.19. The van der Waals surface area contributed by atoms with E-state index in [2.05, 4.69) is 41.8 Å². The van der Waals surface area contributed by atoms with E-state index in [1.807, 2.05) is 17.5 Å². The molecule has 1 aromatic carbocycles. The van der Waals surface area contributed by atoms with Gasteiger partial charge in [0.15, 0.2) is 5.76 Å². The Hall–Kier alpha value is -2.86. The third-order valence-corrected chi connectivity index (χ3v) is 5.08. The summed E-state index contributed by atoms with van der Waals surface area (Å²) in [5, 5.41) is 7.57. The van der Waals surface area contributed by atoms with Gasteiger partial charge >= 0.3 is 0 Å². The first-order valence-corrected chi connectivity index (χ1v) is 9.78. The molecule has 0 radical (unpaired) electrons. The average Bonchev–Trinajstić information content (AvgIpc) is 3.39. The van der Waals surface area contributed by atoms with Crippen LogP contribution in [0.25, 0.3) is 0 Å². The van der Waals surface area contributed by atoms with Crippen LogP contribution in [0.4, 0.5) is 0 Å². The minimum absolute atomic E-state index is 0.116. The Labute approximate surface area is 162 Å². The van der Waals surface area contributed by atoms with E-state index in [1.165, 1.54) is 11.8 Å². The van der Waals surface area contributed by atoms with Gasteiger partial charge in [-0.15, -0.1) is 11.3 Å². The summed E-state index contributed by atoms with van der Waals surface area (Å²) >= 11 is 1.59. The van der Waals surface area contributed by atoms with Crippen molar-refractivity contribution < 1.29 is 14.0 Å². The molecule has 0 saturated carbocycles. The van der Waals surface area contributed by atoms with E-state index in [0.29, 0.717) is 0 Å². The summed E-state index contributed by atoms with van der Waals surface area (Å²) in [7, 11) is 0. The quantitative estimate of drug-likeness (QED) is 0.620. The molecule has 0 bridgehead atoms. The summed E-state index contributed by atoms with van der Waals surface area (Å²) in [5.74, 6) is -0.484. The van der Waals surface area contributed by atoms with Crippen LogP contribution in [0.1, 0.15) is 45.9 Å². The van der Waals surface area contributed by atoms with Crippen LogP contribution in [0.15, 0.2) is 64.6 Å². The van der Waals surface area contributed by atoms with Crippen LogP contribution >= 0.6 is 11.3 Å². The normalized spacial score (nSPS) is 11.7. The minimum Gasteiger partial charge on any atom is -0.459 e. The zero-order valence-corrected chi connectivity index (χ0v) is 15.9. The molecule has 1 unspecified atom stereocenters. The molecule has 2 aromatic heterocycles. The van der Waals surface area contributed by atoms with E-state index in [1.54, 1.807) is 23.5 Å². The summed E-state index contributed by atoms with van der Waals surface area (Å²) < 4.78 is 5.03. The predicted octanol–water partition coefficient (Wildman–Crippen LogP) is 3.93. The summed E-state index contributed by atoms with van der Waals surface area (Å²) in [6.45, 7) is 2.04. The highest BCUT2D eigenvalue weighted by Crippen LogP contribution is 2.26. The van der Waals surface area contributed by atoms with E-state index < -0.39 is 5.91 Å². The number of nitrogens with one attached hydrogen (secondary N) is 2. The highest BCUT2D eigenvalue weighted by Gasteiger charge is 2.19. The highest BCUT2D eigenvalue weighted by atomic mass is 32.1. The monoisotopic (exact) mass is 382 g/mol. The molecular weight excluding hydrogens is 360 g/mol. The standard InChI is InChI=1S/C21H22N2O3S/c1-2-5-15-8-10-16(11-9-15)20(18-7-4-13-27-18)23-19(24)14-22-21(25)17-6-3-12-26-17/h3-4,6-13,20H,2,5,14H2,1H3,(H,22,25)(H,23,24). The summed E-state index contributed by atoms with van der Waals surface area (Å²) in [6, 6.07) is 15.2. The number of hydrogen-bond donors (Lipinski definition) is 2. The van der Waals surface area contributed by atoms with Crippen molar-refractivity contribution in [2.24, 2.45) is 0 Å². The first-order chi connectivity index (χ1) is 13.2. The van der Waals surface area contributed by atoms with Gasteiger partial charge in [-0.05, 0) is 41.1 Å². The molecule has 2 N–H and O–H groups in total. The molecule has 5 nitrogen and oxygen atoms in total. The first-order valence-electron chi connectivity index (χ1n) is 8.90. The minimum atomic E-state index is -0.410. The van der Waals surface area contributed by atoms with Crippen LogP contribution in [0, 0.1) is 0 Å². The Morgan fingerprint density at radius 3 is 2.56 bits per heavy atom. The lowest BCUT2D eigenvalue weighted by Crippen LogP contribution is -2.38. The Kier molecular flexibility index (Phi) is 6.44. The molecule has 27 heavy (non-hydrogen) atoms. The number of rotatable bonds is 8. The molecule has 0 spiro atoms. The first kappa shape index (κ1) is 18.9. The second-order valence-corrected chi connectivity index (χ2v) is 7.15. The van der Waals surface area contributed by atoms with Crippen LogP contribution in [0.3, 0.4) is 0 Å². The van der Waals surface area contributed by atoms with Crippen molar-refractivity contribution in [3.8, 4) is 0 Å². The fourth-order valence-electron chi connectivity index (χ4n) is 2.81. The molecule has 2 amide bonds. The fraction of sp³-hybridized carbons (Fsp3) is 0.238. The SMILES string of the molecule is CCCc1ccc(C(NC(=O)CNC(=O)c2ccco2)c2cccs2)cc1. The number of thiophene rings is 1. The fourth-order valence-corrected chi connectivity index (χ4v) is 3.61. The van der Waals surface area contributed by atoms with Crippen molar-refractivity contribution >= 4 is 23.2 Å². The molecule has 140 valence electrons. The molecule has 0 fully saturated rings. The maximum Gasteiger partial charge on any atom is 0.287 e. The summed E-state index contributed by atoms with van der Waals surface area (Å²) in [5.41, 5.74) is 2.30. The van der Waals surface area contributed by atoms with E-state index in [9.17, 15) is 9.59 Å². The van der Waals surface area contributed by atoms with Crippen molar-refractivity contribution in [3.63, 3.8) is 0 Å². The molecular formula is C21H22N2O3S. The zero-order valence-electron chi connectivity index (χ0n) is 15.1. The van der Waals surface area contributed by atoms with E-state index in [4.69, 9.17) is 4.42 Å². The van der Waals surface area contributed by atoms with Gasteiger partial charge in [-0.25, -0.2) is 0 Å². The summed E-state index contributed by atoms with van der Waals surface area (Å²) in [4.78, 5) is 25.4. The van der Waals surface area contributed by atoms with Crippen LogP contribution in [0.2, 0.25) is 0 Å². The van der Waals surface area contributed by atoms with Crippen molar-refractivity contribution in [2.45, 2.75) is 25.8 Å². The third kappa shape index (κ3) is 5.08. The van der Waals surface area contributed by atoms with Gasteiger partial charge in [0.05, 0.1) is 18.8 Å². The smallest absolute Gasteiger partial charge is 0.287 e. The molecule has 0 saturated heterocycles. The number of amides is 2. The Morgan fingerprint density at radius 1 is 1.11 bits per heavy atom. The molecule has 6 heteroatoms. The number of furan rings is 1. The van der Waals surface area contributed by atoms with Crippen molar-refractivity contribution in [2.75, 3.05) is 6.54 Å². The van der Waals surface area contributed by atoms with E-state index >= 15 is 0 Å². The number of carbonyl (C=O) groups excluding carboxylic acids is 2. The predicted molar refractivity (Wildman–Crippen MR) is 106 cm³/mol. The second kappa shape index (κ2) is 9.19. The second-order valence-electron chi connectivity index (χ2n) is 6.17.